The van der Waals surface area contributed by atoms with E-state index < -0.39 is 22.4 Å². The van der Waals surface area contributed by atoms with Crippen LogP contribution < -0.4 is 0 Å². The van der Waals surface area contributed by atoms with Crippen LogP contribution in [0.4, 0.5) is 0 Å². The Morgan fingerprint density at radius 1 is 0.649 bits per heavy atom. The van der Waals surface area contributed by atoms with Crippen LogP contribution in [0.2, 0.25) is 0 Å². The Hall–Kier alpha value is -1.03. The maximum atomic E-state index is 13.0. The first kappa shape index (κ1) is 26.2. The molecule has 208 valence electrons. The molecule has 0 N–H and O–H groups in total. The first-order valence-electron chi connectivity index (χ1n) is 14.0. The molecule has 0 aromatic heterocycles. The number of carbonyl (C=O) groups is 1. The molecular formula is C29H44O8. The second kappa shape index (κ2) is 8.48. The van der Waals surface area contributed by atoms with Gasteiger partial charge in [0, 0.05) is 63.4 Å². The molecule has 0 radical (unpaired) electrons. The van der Waals surface area contributed by atoms with Crippen molar-refractivity contribution in [1.29, 1.82) is 0 Å². The highest BCUT2D eigenvalue weighted by molar-refractivity contribution is 5.87. The second-order valence-corrected chi connectivity index (χ2v) is 14.0. The number of hydrogen-bond donors (Lipinski definition) is 0. The molecule has 3 unspecified atom stereocenters. The number of carbonyl (C=O) groups excluding carboxylic acids is 1. The predicted octanol–water partition coefficient (Wildman–Crippen LogP) is 4.03. The summed E-state index contributed by atoms with van der Waals surface area (Å²) in [5.41, 5.74) is -2.75. The molecule has 4 aliphatic carbocycles. The zero-order valence-electron chi connectivity index (χ0n) is 23.1. The lowest BCUT2D eigenvalue weighted by molar-refractivity contribution is -0.348. The first-order valence-corrected chi connectivity index (χ1v) is 14.0. The Labute approximate surface area is 220 Å². The van der Waals surface area contributed by atoms with Gasteiger partial charge >= 0.3 is 5.97 Å². The Balaban J connectivity index is 1.33. The molecule has 0 amide bonds. The van der Waals surface area contributed by atoms with Crippen molar-refractivity contribution in [2.45, 2.75) is 125 Å². The minimum Gasteiger partial charge on any atom is -0.455 e. The van der Waals surface area contributed by atoms with Gasteiger partial charge in [-0.1, -0.05) is 6.58 Å². The molecule has 7 rings (SSSR count). The van der Waals surface area contributed by atoms with Gasteiger partial charge in [-0.2, -0.15) is 0 Å². The van der Waals surface area contributed by atoms with E-state index in [1.165, 1.54) is 0 Å². The minimum absolute atomic E-state index is 0.270. The average molecular weight is 521 g/mol. The zero-order chi connectivity index (χ0) is 26.2. The normalized spacial score (nSPS) is 49.6. The highest BCUT2D eigenvalue weighted by Crippen LogP contribution is 2.66. The van der Waals surface area contributed by atoms with Gasteiger partial charge in [0.05, 0.1) is 73.2 Å². The van der Waals surface area contributed by atoms with Crippen molar-refractivity contribution in [1.82, 2.24) is 0 Å². The Morgan fingerprint density at radius 2 is 0.946 bits per heavy atom. The lowest BCUT2D eigenvalue weighted by atomic mass is 9.48. The van der Waals surface area contributed by atoms with E-state index in [0.717, 1.165) is 58.3 Å². The molecule has 37 heavy (non-hydrogen) atoms. The van der Waals surface area contributed by atoms with E-state index in [1.807, 2.05) is 0 Å². The van der Waals surface area contributed by atoms with Gasteiger partial charge in [-0.05, 0) is 27.7 Å². The monoisotopic (exact) mass is 520 g/mol. The number of hydrogen-bond acceptors (Lipinski definition) is 8. The van der Waals surface area contributed by atoms with Crippen LogP contribution in [0.5, 0.6) is 0 Å². The first-order chi connectivity index (χ1) is 17.3. The molecule has 0 spiro atoms. The molecule has 7 fully saturated rings. The summed E-state index contributed by atoms with van der Waals surface area (Å²) in [6.07, 6.45) is 7.08. The van der Waals surface area contributed by atoms with Gasteiger partial charge in [0.25, 0.3) is 0 Å². The van der Waals surface area contributed by atoms with Crippen LogP contribution in [0.15, 0.2) is 12.2 Å². The van der Waals surface area contributed by atoms with Crippen molar-refractivity contribution in [2.75, 3.05) is 39.6 Å². The minimum atomic E-state index is -0.741. The zero-order valence-corrected chi connectivity index (χ0v) is 23.1. The Bertz CT molecular complexity index is 840. The van der Waals surface area contributed by atoms with Crippen molar-refractivity contribution in [2.24, 2.45) is 0 Å². The van der Waals surface area contributed by atoms with Gasteiger partial charge in [-0.15, -0.1) is 0 Å². The molecule has 3 saturated heterocycles. The van der Waals surface area contributed by atoms with Crippen molar-refractivity contribution in [3.63, 3.8) is 0 Å². The van der Waals surface area contributed by atoms with E-state index in [9.17, 15) is 4.79 Å². The molecule has 8 nitrogen and oxygen atoms in total. The van der Waals surface area contributed by atoms with Crippen LogP contribution >= 0.6 is 0 Å². The molecule has 4 saturated carbocycles. The van der Waals surface area contributed by atoms with Crippen molar-refractivity contribution < 1.29 is 38.0 Å². The lowest BCUT2D eigenvalue weighted by Crippen LogP contribution is -2.75. The molecule has 0 aromatic carbocycles. The molecular weight excluding hydrogens is 476 g/mol. The van der Waals surface area contributed by atoms with Crippen LogP contribution in [-0.4, -0.2) is 84.8 Å². The maximum Gasteiger partial charge on any atom is 0.333 e. The van der Waals surface area contributed by atoms with E-state index in [1.54, 1.807) is 6.92 Å². The number of ether oxygens (including phenoxy) is 7. The van der Waals surface area contributed by atoms with E-state index in [-0.39, 0.29) is 22.8 Å². The third-order valence-corrected chi connectivity index (χ3v) is 9.82. The van der Waals surface area contributed by atoms with Gasteiger partial charge < -0.3 is 33.2 Å². The van der Waals surface area contributed by atoms with Gasteiger partial charge in [0.2, 0.25) is 0 Å². The van der Waals surface area contributed by atoms with E-state index in [0.29, 0.717) is 44.7 Å². The summed E-state index contributed by atoms with van der Waals surface area (Å²) in [5, 5.41) is 0. The molecule has 3 heterocycles. The van der Waals surface area contributed by atoms with Crippen LogP contribution in [0, 0.1) is 0 Å². The summed E-state index contributed by atoms with van der Waals surface area (Å²) in [6.45, 7) is 15.7. The maximum absolute atomic E-state index is 13.0. The Morgan fingerprint density at radius 3 is 1.19 bits per heavy atom. The SMILES string of the molecule is C=C(C)C(=O)OC12CC3(OCC4(C)CCO4)CC(OCC4(C)CCO4)(CC(OCC4(C)CCO4)(C3)C1)C2. The van der Waals surface area contributed by atoms with Crippen molar-refractivity contribution in [3.05, 3.63) is 12.2 Å². The standard InChI is InChI=1S/C29H44O8/c1-21(2)22(30)37-29-15-26(34-18-23(3)6-9-31-23)12-27(16-29,35-19-24(4)7-10-32-24)14-28(13-26,17-29)36-20-25(5)8-11-33-25/h1,6-20H2,2-5H3. The van der Waals surface area contributed by atoms with E-state index in [2.05, 4.69) is 27.4 Å². The lowest BCUT2D eigenvalue weighted by Gasteiger charge is -2.69. The van der Waals surface area contributed by atoms with E-state index >= 15 is 0 Å². The molecule has 3 atom stereocenters. The highest BCUT2D eigenvalue weighted by Gasteiger charge is 2.72. The van der Waals surface area contributed by atoms with Crippen molar-refractivity contribution >= 4 is 5.97 Å². The summed E-state index contributed by atoms with van der Waals surface area (Å²) in [7, 11) is 0. The Kier molecular flexibility index (Phi) is 6.01. The van der Waals surface area contributed by atoms with Crippen LogP contribution in [0.25, 0.3) is 0 Å². The summed E-state index contributed by atoms with van der Waals surface area (Å²) in [4.78, 5) is 13.0. The molecule has 8 heteroatoms. The fraction of sp³-hybridized carbons (Fsp3) is 0.897. The van der Waals surface area contributed by atoms with Crippen LogP contribution in [-0.2, 0) is 38.0 Å². The third kappa shape index (κ3) is 4.80. The van der Waals surface area contributed by atoms with Crippen molar-refractivity contribution in [3.8, 4) is 0 Å². The number of rotatable bonds is 11. The molecule has 7 aliphatic rings. The smallest absolute Gasteiger partial charge is 0.333 e. The number of esters is 1. The van der Waals surface area contributed by atoms with E-state index in [4.69, 9.17) is 33.2 Å². The summed E-state index contributed by atoms with van der Waals surface area (Å²) >= 11 is 0. The largest absolute Gasteiger partial charge is 0.455 e. The quantitative estimate of drug-likeness (QED) is 0.298. The average Bonchev–Trinajstić information content (AvgIpc) is 2.75. The topological polar surface area (TPSA) is 81.7 Å². The van der Waals surface area contributed by atoms with Gasteiger partial charge in [0.1, 0.15) is 5.60 Å². The van der Waals surface area contributed by atoms with Crippen LogP contribution in [0.3, 0.4) is 0 Å². The van der Waals surface area contributed by atoms with Crippen LogP contribution in [0.1, 0.15) is 85.5 Å². The second-order valence-electron chi connectivity index (χ2n) is 14.0. The van der Waals surface area contributed by atoms with Gasteiger partial charge in [-0.25, -0.2) is 4.79 Å². The summed E-state index contributed by atoms with van der Waals surface area (Å²) < 4.78 is 44.5. The third-order valence-electron chi connectivity index (χ3n) is 9.82. The summed E-state index contributed by atoms with van der Waals surface area (Å²) in [6, 6.07) is 0. The fourth-order valence-electron chi connectivity index (χ4n) is 7.73. The van der Waals surface area contributed by atoms with Gasteiger partial charge in [-0.3, -0.25) is 0 Å². The highest BCUT2D eigenvalue weighted by atomic mass is 16.6. The fourth-order valence-corrected chi connectivity index (χ4v) is 7.73. The molecule has 3 aliphatic heterocycles. The van der Waals surface area contributed by atoms with Gasteiger partial charge in [0.15, 0.2) is 0 Å². The predicted molar refractivity (Wildman–Crippen MR) is 134 cm³/mol. The molecule has 0 aromatic rings. The molecule has 4 bridgehead atoms. The summed E-state index contributed by atoms with van der Waals surface area (Å²) in [5.74, 6) is -0.361.